The van der Waals surface area contributed by atoms with E-state index in [4.69, 9.17) is 33.2 Å². The van der Waals surface area contributed by atoms with E-state index in [0.717, 1.165) is 0 Å². The Balaban J connectivity index is 1.53. The third kappa shape index (κ3) is 8.82. The van der Waals surface area contributed by atoms with Gasteiger partial charge in [0.05, 0.1) is 13.7 Å². The predicted octanol–water partition coefficient (Wildman–Crippen LogP) is 3.34. The van der Waals surface area contributed by atoms with E-state index in [1.807, 2.05) is 48.5 Å². The molecule has 228 valence electrons. The fourth-order valence-electron chi connectivity index (χ4n) is 4.27. The SMILES string of the molecule is COc1ccnc(C(=O)N[C@H]2CCOC[C@H](Oc3ccccc3)[C@@H](Oc3ccccc3)[C@H](C)OC2=O)c1OCOC(C)=O. The van der Waals surface area contributed by atoms with Gasteiger partial charge in [0.25, 0.3) is 5.91 Å². The Morgan fingerprint density at radius 2 is 1.67 bits per heavy atom. The Hall–Kier alpha value is -4.84. The van der Waals surface area contributed by atoms with Crippen LogP contribution in [0.25, 0.3) is 0 Å². The van der Waals surface area contributed by atoms with E-state index < -0.39 is 49.0 Å². The van der Waals surface area contributed by atoms with E-state index in [1.54, 1.807) is 19.1 Å². The molecule has 12 nitrogen and oxygen atoms in total. The highest BCUT2D eigenvalue weighted by atomic mass is 16.7. The van der Waals surface area contributed by atoms with Crippen molar-refractivity contribution in [3.05, 3.63) is 78.6 Å². The molecule has 1 aliphatic rings. The van der Waals surface area contributed by atoms with Crippen molar-refractivity contribution in [2.45, 2.75) is 44.6 Å². The smallest absolute Gasteiger partial charge is 0.329 e. The van der Waals surface area contributed by atoms with Gasteiger partial charge >= 0.3 is 11.9 Å². The maximum Gasteiger partial charge on any atom is 0.329 e. The summed E-state index contributed by atoms with van der Waals surface area (Å²) in [5, 5.41) is 2.66. The van der Waals surface area contributed by atoms with Gasteiger partial charge < -0.3 is 38.5 Å². The monoisotopic (exact) mass is 594 g/mol. The number of para-hydroxylation sites is 2. The number of rotatable bonds is 10. The van der Waals surface area contributed by atoms with Crippen LogP contribution in [0.5, 0.6) is 23.0 Å². The first-order chi connectivity index (χ1) is 20.9. The third-order valence-corrected chi connectivity index (χ3v) is 6.37. The van der Waals surface area contributed by atoms with Crippen LogP contribution in [0.1, 0.15) is 30.8 Å². The van der Waals surface area contributed by atoms with Crippen molar-refractivity contribution in [1.29, 1.82) is 0 Å². The first-order valence-electron chi connectivity index (χ1n) is 13.7. The maximum absolute atomic E-state index is 13.4. The lowest BCUT2D eigenvalue weighted by atomic mass is 10.1. The highest BCUT2D eigenvalue weighted by Crippen LogP contribution is 2.30. The second kappa shape index (κ2) is 15.4. The number of carbonyl (C=O) groups is 3. The highest BCUT2D eigenvalue weighted by molar-refractivity contribution is 5.98. The first kappa shape index (κ1) is 31.1. The van der Waals surface area contributed by atoms with Crippen LogP contribution in [-0.4, -0.2) is 74.3 Å². The van der Waals surface area contributed by atoms with Gasteiger partial charge in [0.2, 0.25) is 6.79 Å². The quantitative estimate of drug-likeness (QED) is 0.273. The second-order valence-corrected chi connectivity index (χ2v) is 9.49. The van der Waals surface area contributed by atoms with Crippen LogP contribution in [0.2, 0.25) is 0 Å². The zero-order chi connectivity index (χ0) is 30.6. The minimum atomic E-state index is -1.09. The first-order valence-corrected chi connectivity index (χ1v) is 13.7. The number of cyclic esters (lactones) is 1. The average molecular weight is 595 g/mol. The van der Waals surface area contributed by atoms with Gasteiger partial charge in [-0.1, -0.05) is 36.4 Å². The normalized spacial score (nSPS) is 20.6. The number of nitrogens with zero attached hydrogens (tertiary/aromatic N) is 1. The fourth-order valence-corrected chi connectivity index (χ4v) is 4.27. The molecule has 0 spiro atoms. The van der Waals surface area contributed by atoms with Crippen molar-refractivity contribution in [1.82, 2.24) is 10.3 Å². The molecular formula is C31H34N2O10. The van der Waals surface area contributed by atoms with Crippen LogP contribution in [0.4, 0.5) is 0 Å². The van der Waals surface area contributed by atoms with Crippen molar-refractivity contribution < 1.29 is 47.5 Å². The van der Waals surface area contributed by atoms with Crippen molar-refractivity contribution >= 4 is 17.8 Å². The molecule has 4 atom stereocenters. The number of benzene rings is 2. The largest absolute Gasteiger partial charge is 0.493 e. The molecule has 1 saturated heterocycles. The summed E-state index contributed by atoms with van der Waals surface area (Å²) >= 11 is 0. The molecule has 1 N–H and O–H groups in total. The van der Waals surface area contributed by atoms with E-state index in [1.165, 1.54) is 26.3 Å². The van der Waals surface area contributed by atoms with Crippen molar-refractivity contribution in [3.63, 3.8) is 0 Å². The Morgan fingerprint density at radius 1 is 1.00 bits per heavy atom. The minimum Gasteiger partial charge on any atom is -0.493 e. The molecule has 12 heteroatoms. The van der Waals surface area contributed by atoms with Crippen LogP contribution in [0, 0.1) is 0 Å². The summed E-state index contributed by atoms with van der Waals surface area (Å²) in [7, 11) is 1.38. The Morgan fingerprint density at radius 3 is 2.33 bits per heavy atom. The molecule has 2 heterocycles. The number of hydrogen-bond donors (Lipinski definition) is 1. The fraction of sp³-hybridized carbons (Fsp3) is 0.355. The van der Waals surface area contributed by atoms with Gasteiger partial charge in [-0.25, -0.2) is 9.78 Å². The molecule has 0 unspecified atom stereocenters. The van der Waals surface area contributed by atoms with Gasteiger partial charge in [0, 0.05) is 32.2 Å². The van der Waals surface area contributed by atoms with Crippen molar-refractivity contribution in [3.8, 4) is 23.0 Å². The molecule has 1 amide bonds. The van der Waals surface area contributed by atoms with E-state index in [9.17, 15) is 14.4 Å². The molecule has 0 bridgehead atoms. The van der Waals surface area contributed by atoms with Crippen LogP contribution in [-0.2, 0) is 23.8 Å². The van der Waals surface area contributed by atoms with Crippen LogP contribution in [0.3, 0.4) is 0 Å². The van der Waals surface area contributed by atoms with Gasteiger partial charge in [-0.05, 0) is 31.2 Å². The molecule has 0 aliphatic carbocycles. The van der Waals surface area contributed by atoms with Gasteiger partial charge in [0.15, 0.2) is 29.4 Å². The molecule has 0 radical (unpaired) electrons. The van der Waals surface area contributed by atoms with Crippen LogP contribution in [0.15, 0.2) is 72.9 Å². The summed E-state index contributed by atoms with van der Waals surface area (Å²) in [6.45, 7) is 2.67. The molecular weight excluding hydrogens is 560 g/mol. The number of esters is 2. The van der Waals surface area contributed by atoms with Gasteiger partial charge in [-0.15, -0.1) is 0 Å². The predicted molar refractivity (Wildman–Crippen MR) is 152 cm³/mol. The number of methoxy groups -OCH3 is 1. The zero-order valence-electron chi connectivity index (χ0n) is 24.1. The van der Waals surface area contributed by atoms with Gasteiger partial charge in [0.1, 0.15) is 23.6 Å². The van der Waals surface area contributed by atoms with E-state index in [-0.39, 0.29) is 36.8 Å². The van der Waals surface area contributed by atoms with E-state index in [2.05, 4.69) is 10.3 Å². The second-order valence-electron chi connectivity index (χ2n) is 9.49. The summed E-state index contributed by atoms with van der Waals surface area (Å²) in [5.74, 6) is -0.706. The molecule has 0 saturated carbocycles. The lowest BCUT2D eigenvalue weighted by Crippen LogP contribution is -2.52. The Bertz CT molecular complexity index is 1360. The summed E-state index contributed by atoms with van der Waals surface area (Å²) in [5.41, 5.74) is -0.174. The number of carbonyl (C=O) groups excluding carboxylic acids is 3. The molecule has 43 heavy (non-hydrogen) atoms. The topological polar surface area (TPSA) is 141 Å². The van der Waals surface area contributed by atoms with Gasteiger partial charge in [-0.2, -0.15) is 0 Å². The highest BCUT2D eigenvalue weighted by Gasteiger charge is 2.37. The average Bonchev–Trinajstić information content (AvgIpc) is 3.01. The lowest BCUT2D eigenvalue weighted by Gasteiger charge is -2.34. The van der Waals surface area contributed by atoms with E-state index >= 15 is 0 Å². The summed E-state index contributed by atoms with van der Waals surface area (Å²) < 4.78 is 39.9. The number of ether oxygens (including phenoxy) is 7. The standard InChI is InChI=1S/C31H34N2O10/c1-20-28(43-23-12-8-5-9-13-23)26(42-22-10-6-4-7-11-22)18-38-17-15-24(31(36)41-20)33-30(35)27-29(40-19-39-21(2)34)25(37-3)14-16-32-27/h4-14,16,20,24,26,28H,15,17-19H2,1-3H3,(H,33,35)/t20-,24-,26-,28-/m0/s1. The van der Waals surface area contributed by atoms with Gasteiger partial charge in [-0.3, -0.25) is 9.59 Å². The number of amides is 1. The van der Waals surface area contributed by atoms with Crippen molar-refractivity contribution in [2.24, 2.45) is 0 Å². The number of nitrogens with one attached hydrogen (secondary N) is 1. The summed E-state index contributed by atoms with van der Waals surface area (Å²) in [4.78, 5) is 42.0. The summed E-state index contributed by atoms with van der Waals surface area (Å²) in [6, 6.07) is 18.7. The molecule has 1 aliphatic heterocycles. The summed E-state index contributed by atoms with van der Waals surface area (Å²) in [6.07, 6.45) is -0.744. The van der Waals surface area contributed by atoms with E-state index in [0.29, 0.717) is 11.5 Å². The molecule has 3 aromatic rings. The number of aromatic nitrogens is 1. The van der Waals surface area contributed by atoms with Crippen LogP contribution < -0.4 is 24.3 Å². The number of pyridine rings is 1. The third-order valence-electron chi connectivity index (χ3n) is 6.37. The molecule has 1 fully saturated rings. The Labute approximate surface area is 249 Å². The Kier molecular flexibility index (Phi) is 11.1. The molecule has 2 aromatic carbocycles. The number of hydrogen-bond acceptors (Lipinski definition) is 11. The maximum atomic E-state index is 13.4. The van der Waals surface area contributed by atoms with Crippen molar-refractivity contribution in [2.75, 3.05) is 27.1 Å². The molecule has 1 aromatic heterocycles. The minimum absolute atomic E-state index is 0.0566. The zero-order valence-corrected chi connectivity index (χ0v) is 24.1. The molecule has 4 rings (SSSR count). The lowest BCUT2D eigenvalue weighted by molar-refractivity contribution is -0.162. The van der Waals surface area contributed by atoms with Crippen LogP contribution >= 0.6 is 0 Å².